The van der Waals surface area contributed by atoms with E-state index in [2.05, 4.69) is 10.5 Å². The number of carbonyl (C=O) groups is 2. The Labute approximate surface area is 248 Å². The van der Waals surface area contributed by atoms with Crippen LogP contribution in [0.2, 0.25) is 5.02 Å². The summed E-state index contributed by atoms with van der Waals surface area (Å²) >= 11 is 5.96. The van der Waals surface area contributed by atoms with E-state index in [-0.39, 0.29) is 6.61 Å². The van der Waals surface area contributed by atoms with E-state index in [9.17, 15) is 9.59 Å². The van der Waals surface area contributed by atoms with Gasteiger partial charge in [-0.05, 0) is 77.9 Å². The van der Waals surface area contributed by atoms with Crippen LogP contribution in [0.4, 0.5) is 0 Å². The zero-order valence-electron chi connectivity index (χ0n) is 22.8. The lowest BCUT2D eigenvalue weighted by Gasteiger charge is -2.12. The van der Waals surface area contributed by atoms with Gasteiger partial charge in [-0.1, -0.05) is 66.2 Å². The first kappa shape index (κ1) is 28.4. The van der Waals surface area contributed by atoms with Crippen molar-refractivity contribution in [3.8, 4) is 17.2 Å². The fourth-order valence-corrected chi connectivity index (χ4v) is 4.37. The molecule has 42 heavy (non-hydrogen) atoms. The normalized spacial score (nSPS) is 10.9. The number of fused-ring (bicyclic) bond motifs is 1. The second kappa shape index (κ2) is 13.5. The molecule has 0 unspecified atom stereocenters. The Morgan fingerprint density at radius 2 is 1.55 bits per heavy atom. The number of hydrogen-bond acceptors (Lipinski definition) is 6. The molecule has 0 saturated carbocycles. The van der Waals surface area contributed by atoms with Gasteiger partial charge in [0.1, 0.15) is 23.9 Å². The molecule has 0 fully saturated rings. The van der Waals surface area contributed by atoms with E-state index < -0.39 is 11.9 Å². The van der Waals surface area contributed by atoms with E-state index in [1.54, 1.807) is 66.7 Å². The molecule has 7 nitrogen and oxygen atoms in total. The number of carbonyl (C=O) groups excluding carboxylic acids is 2. The van der Waals surface area contributed by atoms with Gasteiger partial charge in [-0.25, -0.2) is 10.2 Å². The van der Waals surface area contributed by atoms with Crippen molar-refractivity contribution in [3.05, 3.63) is 136 Å². The van der Waals surface area contributed by atoms with Crippen LogP contribution in [0.5, 0.6) is 17.2 Å². The molecule has 1 amide bonds. The maximum Gasteiger partial charge on any atom is 0.343 e. The molecule has 0 aliphatic carbocycles. The maximum absolute atomic E-state index is 13.1. The van der Waals surface area contributed by atoms with Crippen molar-refractivity contribution in [2.75, 3.05) is 6.61 Å². The molecule has 210 valence electrons. The molecule has 0 aliphatic heterocycles. The monoisotopic (exact) mass is 578 g/mol. The van der Waals surface area contributed by atoms with Crippen molar-refractivity contribution >= 4 is 40.5 Å². The number of hydrazone groups is 1. The van der Waals surface area contributed by atoms with Gasteiger partial charge < -0.3 is 14.2 Å². The summed E-state index contributed by atoms with van der Waals surface area (Å²) in [5.74, 6) is 0.401. The molecule has 5 aromatic rings. The standard InChI is InChI=1S/C34H27ClN2O5/c1-2-40-27-18-13-25(14-19-27)34(39)42-32-20-15-24-7-3-4-8-28(24)30(32)21-36-37-33(38)29-9-5-6-10-31(29)41-22-23-11-16-26(35)17-12-23/h3-21H,2,22H2,1H3,(H,37,38)/b36-21+. The summed E-state index contributed by atoms with van der Waals surface area (Å²) in [7, 11) is 0. The van der Waals surface area contributed by atoms with E-state index >= 15 is 0 Å². The highest BCUT2D eigenvalue weighted by atomic mass is 35.5. The van der Waals surface area contributed by atoms with Crippen LogP contribution >= 0.6 is 11.6 Å². The van der Waals surface area contributed by atoms with Crippen LogP contribution in [0.3, 0.4) is 0 Å². The van der Waals surface area contributed by atoms with E-state index in [0.29, 0.717) is 45.6 Å². The molecule has 0 bridgehead atoms. The predicted octanol–water partition coefficient (Wildman–Crippen LogP) is 7.45. The Balaban J connectivity index is 1.34. The maximum atomic E-state index is 13.1. The van der Waals surface area contributed by atoms with Crippen LogP contribution in [-0.2, 0) is 6.61 Å². The Morgan fingerprint density at radius 3 is 2.33 bits per heavy atom. The highest BCUT2D eigenvalue weighted by Gasteiger charge is 2.15. The number of hydrogen-bond donors (Lipinski definition) is 1. The number of amides is 1. The molecule has 0 aliphatic rings. The Kier molecular flexibility index (Phi) is 9.11. The second-order valence-electron chi connectivity index (χ2n) is 9.16. The van der Waals surface area contributed by atoms with Crippen molar-refractivity contribution in [2.45, 2.75) is 13.5 Å². The van der Waals surface area contributed by atoms with E-state index in [1.165, 1.54) is 6.21 Å². The number of benzene rings is 5. The Morgan fingerprint density at radius 1 is 0.810 bits per heavy atom. The number of halogens is 1. The van der Waals surface area contributed by atoms with Gasteiger partial charge in [-0.15, -0.1) is 0 Å². The summed E-state index contributed by atoms with van der Waals surface area (Å²) in [5, 5.41) is 6.57. The lowest BCUT2D eigenvalue weighted by Crippen LogP contribution is -2.19. The third-order valence-corrected chi connectivity index (χ3v) is 6.59. The fourth-order valence-electron chi connectivity index (χ4n) is 4.25. The van der Waals surface area contributed by atoms with E-state index in [4.69, 9.17) is 25.8 Å². The average molecular weight is 579 g/mol. The number of esters is 1. The van der Waals surface area contributed by atoms with Crippen molar-refractivity contribution in [1.82, 2.24) is 5.43 Å². The Bertz CT molecular complexity index is 1730. The van der Waals surface area contributed by atoms with Crippen LogP contribution in [-0.4, -0.2) is 24.7 Å². The molecule has 0 spiro atoms. The molecule has 0 aromatic heterocycles. The summed E-state index contributed by atoms with van der Waals surface area (Å²) in [4.78, 5) is 26.0. The minimum Gasteiger partial charge on any atom is -0.494 e. The summed E-state index contributed by atoms with van der Waals surface area (Å²) < 4.78 is 17.1. The molecule has 5 rings (SSSR count). The van der Waals surface area contributed by atoms with Crippen LogP contribution in [0.25, 0.3) is 10.8 Å². The third-order valence-electron chi connectivity index (χ3n) is 6.33. The minimum atomic E-state index is -0.529. The molecular weight excluding hydrogens is 552 g/mol. The van der Waals surface area contributed by atoms with Crippen molar-refractivity contribution in [1.29, 1.82) is 0 Å². The van der Waals surface area contributed by atoms with Gasteiger partial charge in [-0.2, -0.15) is 5.10 Å². The zero-order valence-corrected chi connectivity index (χ0v) is 23.5. The molecule has 0 saturated heterocycles. The second-order valence-corrected chi connectivity index (χ2v) is 9.59. The van der Waals surface area contributed by atoms with E-state index in [1.807, 2.05) is 49.4 Å². The van der Waals surface area contributed by atoms with Crippen LogP contribution in [0.15, 0.2) is 114 Å². The number of rotatable bonds is 10. The lowest BCUT2D eigenvalue weighted by atomic mass is 10.0. The van der Waals surface area contributed by atoms with Crippen molar-refractivity contribution in [3.63, 3.8) is 0 Å². The van der Waals surface area contributed by atoms with Crippen molar-refractivity contribution in [2.24, 2.45) is 5.10 Å². The van der Waals surface area contributed by atoms with Gasteiger partial charge in [0.2, 0.25) is 0 Å². The number of para-hydroxylation sites is 1. The van der Waals surface area contributed by atoms with Gasteiger partial charge in [0.05, 0.1) is 23.9 Å². The zero-order chi connectivity index (χ0) is 29.3. The third kappa shape index (κ3) is 6.95. The first-order valence-electron chi connectivity index (χ1n) is 13.3. The summed E-state index contributed by atoms with van der Waals surface area (Å²) in [6.45, 7) is 2.69. The largest absolute Gasteiger partial charge is 0.494 e. The molecule has 8 heteroatoms. The molecule has 0 atom stereocenters. The summed E-state index contributed by atoms with van der Waals surface area (Å²) in [5.41, 5.74) is 4.72. The van der Waals surface area contributed by atoms with Gasteiger partial charge >= 0.3 is 5.97 Å². The SMILES string of the molecule is CCOc1ccc(C(=O)Oc2ccc3ccccc3c2/C=N/NC(=O)c2ccccc2OCc2ccc(Cl)cc2)cc1. The summed E-state index contributed by atoms with van der Waals surface area (Å²) in [6.07, 6.45) is 1.47. The first-order chi connectivity index (χ1) is 20.5. The highest BCUT2D eigenvalue weighted by molar-refractivity contribution is 6.30. The lowest BCUT2D eigenvalue weighted by molar-refractivity contribution is 0.0734. The van der Waals surface area contributed by atoms with Gasteiger partial charge in [0.25, 0.3) is 5.91 Å². The first-order valence-corrected chi connectivity index (χ1v) is 13.7. The smallest absolute Gasteiger partial charge is 0.343 e. The fraction of sp³-hybridized carbons (Fsp3) is 0.0882. The van der Waals surface area contributed by atoms with Crippen LogP contribution < -0.4 is 19.6 Å². The van der Waals surface area contributed by atoms with Crippen molar-refractivity contribution < 1.29 is 23.8 Å². The summed E-state index contributed by atoms with van der Waals surface area (Å²) in [6, 6.07) is 32.1. The number of ether oxygens (including phenoxy) is 3. The highest BCUT2D eigenvalue weighted by Crippen LogP contribution is 2.28. The number of nitrogens with one attached hydrogen (secondary N) is 1. The molecule has 0 radical (unpaired) electrons. The molecule has 0 heterocycles. The van der Waals surface area contributed by atoms with Crippen LogP contribution in [0, 0.1) is 0 Å². The Hall–Kier alpha value is -5.14. The van der Waals surface area contributed by atoms with Gasteiger partial charge in [0, 0.05) is 10.6 Å². The van der Waals surface area contributed by atoms with Crippen LogP contribution in [0.1, 0.15) is 38.8 Å². The molecule has 1 N–H and O–H groups in total. The van der Waals surface area contributed by atoms with Gasteiger partial charge in [0.15, 0.2) is 0 Å². The average Bonchev–Trinajstić information content (AvgIpc) is 3.02. The minimum absolute atomic E-state index is 0.268. The molecular formula is C34H27ClN2O5. The predicted molar refractivity (Wildman–Crippen MR) is 164 cm³/mol. The quantitative estimate of drug-likeness (QED) is 0.0804. The molecule has 5 aromatic carbocycles. The van der Waals surface area contributed by atoms with Gasteiger partial charge in [-0.3, -0.25) is 4.79 Å². The van der Waals surface area contributed by atoms with E-state index in [0.717, 1.165) is 16.3 Å². The number of nitrogens with zero attached hydrogens (tertiary/aromatic N) is 1. The topological polar surface area (TPSA) is 86.2 Å².